The summed E-state index contributed by atoms with van der Waals surface area (Å²) in [7, 11) is 1.55. The summed E-state index contributed by atoms with van der Waals surface area (Å²) >= 11 is 4.88. The predicted octanol–water partition coefficient (Wildman–Crippen LogP) is 1.76. The van der Waals surface area contributed by atoms with E-state index in [9.17, 15) is 4.79 Å². The minimum atomic E-state index is -0.316. The fourth-order valence-corrected chi connectivity index (χ4v) is 2.73. The van der Waals surface area contributed by atoms with Crippen molar-refractivity contribution in [2.75, 3.05) is 0 Å². The standard InChI is InChI=1S/C12H10BrN5O2S/c1-17-12(19)18(16-15-17)10-4-2-3-9(13)8(10)7-20-11-14-5-6-21-11/h2-6H,7H2,1H3. The van der Waals surface area contributed by atoms with E-state index < -0.39 is 0 Å². The van der Waals surface area contributed by atoms with E-state index in [0.717, 1.165) is 10.0 Å². The number of nitrogens with zero attached hydrogens (tertiary/aromatic N) is 5. The van der Waals surface area contributed by atoms with Crippen molar-refractivity contribution in [2.24, 2.45) is 7.05 Å². The number of rotatable bonds is 4. The molecule has 0 aliphatic heterocycles. The normalized spacial score (nSPS) is 10.8. The van der Waals surface area contributed by atoms with Crippen LogP contribution in [0.1, 0.15) is 5.56 Å². The van der Waals surface area contributed by atoms with Crippen molar-refractivity contribution in [3.63, 3.8) is 0 Å². The Balaban J connectivity index is 1.99. The summed E-state index contributed by atoms with van der Waals surface area (Å²) in [6, 6.07) is 5.50. The maximum Gasteiger partial charge on any atom is 0.368 e. The zero-order valence-electron chi connectivity index (χ0n) is 10.9. The van der Waals surface area contributed by atoms with Crippen molar-refractivity contribution in [3.8, 4) is 10.9 Å². The smallest absolute Gasteiger partial charge is 0.368 e. The Morgan fingerprint density at radius 3 is 2.90 bits per heavy atom. The van der Waals surface area contributed by atoms with E-state index in [4.69, 9.17) is 4.74 Å². The zero-order chi connectivity index (χ0) is 14.8. The first-order valence-electron chi connectivity index (χ1n) is 5.96. The van der Waals surface area contributed by atoms with Gasteiger partial charge in [-0.1, -0.05) is 33.3 Å². The molecular formula is C12H10BrN5O2S. The maximum absolute atomic E-state index is 12.0. The van der Waals surface area contributed by atoms with Gasteiger partial charge in [-0.05, 0) is 22.6 Å². The number of aryl methyl sites for hydroxylation is 1. The highest BCUT2D eigenvalue weighted by molar-refractivity contribution is 9.10. The van der Waals surface area contributed by atoms with Gasteiger partial charge in [0.25, 0.3) is 5.19 Å². The van der Waals surface area contributed by atoms with E-state index in [0.29, 0.717) is 10.9 Å². The number of benzene rings is 1. The number of thiazole rings is 1. The van der Waals surface area contributed by atoms with E-state index in [2.05, 4.69) is 31.3 Å². The molecule has 0 N–H and O–H groups in total. The molecule has 21 heavy (non-hydrogen) atoms. The first kappa shape index (κ1) is 14.0. The van der Waals surface area contributed by atoms with Crippen LogP contribution in [0.3, 0.4) is 0 Å². The molecule has 0 spiro atoms. The molecule has 9 heteroatoms. The van der Waals surface area contributed by atoms with E-state index in [1.165, 1.54) is 20.7 Å². The van der Waals surface area contributed by atoms with Crippen LogP contribution in [0.5, 0.6) is 5.19 Å². The minimum Gasteiger partial charge on any atom is -0.465 e. The SMILES string of the molecule is Cn1nnn(-c2cccc(Br)c2COc2nccs2)c1=O. The Bertz CT molecular complexity index is 811. The first-order valence-corrected chi connectivity index (χ1v) is 7.63. The molecule has 0 aliphatic carbocycles. The average molecular weight is 368 g/mol. The summed E-state index contributed by atoms with van der Waals surface area (Å²) < 4.78 is 8.87. The van der Waals surface area contributed by atoms with Crippen molar-refractivity contribution in [2.45, 2.75) is 6.61 Å². The second kappa shape index (κ2) is 5.78. The molecule has 0 fully saturated rings. The molecule has 2 heterocycles. The Labute approximate surface area is 131 Å². The van der Waals surface area contributed by atoms with Crippen molar-refractivity contribution in [1.29, 1.82) is 0 Å². The zero-order valence-corrected chi connectivity index (χ0v) is 13.3. The average Bonchev–Trinajstić information content (AvgIpc) is 3.09. The lowest BCUT2D eigenvalue weighted by molar-refractivity contribution is 0.303. The molecule has 7 nitrogen and oxygen atoms in total. The number of halogens is 1. The molecule has 3 rings (SSSR count). The van der Waals surface area contributed by atoms with Gasteiger partial charge in [0, 0.05) is 28.7 Å². The van der Waals surface area contributed by atoms with Crippen LogP contribution in [0.2, 0.25) is 0 Å². The molecule has 2 aromatic heterocycles. The third-order valence-corrected chi connectivity index (χ3v) is 4.22. The number of hydrogen-bond acceptors (Lipinski definition) is 6. The second-order valence-electron chi connectivity index (χ2n) is 4.12. The number of aromatic nitrogens is 5. The largest absolute Gasteiger partial charge is 0.465 e. The molecule has 0 atom stereocenters. The predicted molar refractivity (Wildman–Crippen MR) is 80.7 cm³/mol. The van der Waals surface area contributed by atoms with E-state index in [-0.39, 0.29) is 12.3 Å². The lowest BCUT2D eigenvalue weighted by Crippen LogP contribution is -2.23. The van der Waals surface area contributed by atoms with Crippen molar-refractivity contribution >= 4 is 27.3 Å². The molecule has 0 unspecified atom stereocenters. The van der Waals surface area contributed by atoms with Crippen LogP contribution < -0.4 is 10.4 Å². The van der Waals surface area contributed by atoms with Gasteiger partial charge < -0.3 is 4.74 Å². The molecule has 108 valence electrons. The fourth-order valence-electron chi connectivity index (χ4n) is 1.77. The highest BCUT2D eigenvalue weighted by atomic mass is 79.9. The van der Waals surface area contributed by atoms with Crippen LogP contribution in [0.25, 0.3) is 5.69 Å². The van der Waals surface area contributed by atoms with Gasteiger partial charge in [-0.25, -0.2) is 9.78 Å². The van der Waals surface area contributed by atoms with E-state index >= 15 is 0 Å². The Hall–Kier alpha value is -2.00. The first-order chi connectivity index (χ1) is 10.2. The van der Waals surface area contributed by atoms with Crippen LogP contribution in [-0.2, 0) is 13.7 Å². The van der Waals surface area contributed by atoms with Gasteiger partial charge in [-0.15, -0.1) is 0 Å². The van der Waals surface area contributed by atoms with Crippen LogP contribution in [-0.4, -0.2) is 24.8 Å². The molecule has 0 saturated heterocycles. The summed E-state index contributed by atoms with van der Waals surface area (Å²) in [4.78, 5) is 16.1. The summed E-state index contributed by atoms with van der Waals surface area (Å²) in [5.41, 5.74) is 1.11. The van der Waals surface area contributed by atoms with Gasteiger partial charge >= 0.3 is 5.69 Å². The Morgan fingerprint density at radius 1 is 1.38 bits per heavy atom. The topological polar surface area (TPSA) is 74.8 Å². The van der Waals surface area contributed by atoms with E-state index in [1.807, 2.05) is 17.5 Å². The molecule has 1 aromatic carbocycles. The molecule has 0 radical (unpaired) electrons. The molecule has 0 aliphatic rings. The lowest BCUT2D eigenvalue weighted by Gasteiger charge is -2.10. The fraction of sp³-hybridized carbons (Fsp3) is 0.167. The number of tetrazole rings is 1. The van der Waals surface area contributed by atoms with Gasteiger partial charge in [0.05, 0.1) is 5.69 Å². The monoisotopic (exact) mass is 367 g/mol. The molecule has 0 saturated carbocycles. The van der Waals surface area contributed by atoms with Gasteiger partial charge in [-0.3, -0.25) is 0 Å². The van der Waals surface area contributed by atoms with Crippen LogP contribution >= 0.6 is 27.3 Å². The summed E-state index contributed by atoms with van der Waals surface area (Å²) in [5.74, 6) is 0. The summed E-state index contributed by atoms with van der Waals surface area (Å²) in [6.45, 7) is 0.271. The van der Waals surface area contributed by atoms with Gasteiger partial charge in [-0.2, -0.15) is 9.36 Å². The molecular weight excluding hydrogens is 358 g/mol. The summed E-state index contributed by atoms with van der Waals surface area (Å²) in [6.07, 6.45) is 1.67. The van der Waals surface area contributed by atoms with E-state index in [1.54, 1.807) is 19.3 Å². The second-order valence-corrected chi connectivity index (χ2v) is 5.83. The quantitative estimate of drug-likeness (QED) is 0.702. The molecule has 0 amide bonds. The van der Waals surface area contributed by atoms with Crippen molar-refractivity contribution in [1.82, 2.24) is 24.8 Å². The molecule has 0 bridgehead atoms. The van der Waals surface area contributed by atoms with Crippen molar-refractivity contribution < 1.29 is 4.74 Å². The highest BCUT2D eigenvalue weighted by Gasteiger charge is 2.14. The third-order valence-electron chi connectivity index (χ3n) is 2.79. The minimum absolute atomic E-state index is 0.271. The maximum atomic E-state index is 12.0. The summed E-state index contributed by atoms with van der Waals surface area (Å²) in [5, 5.41) is 9.99. The van der Waals surface area contributed by atoms with Crippen molar-refractivity contribution in [3.05, 3.63) is 50.3 Å². The Morgan fingerprint density at radius 2 is 2.24 bits per heavy atom. The van der Waals surface area contributed by atoms with Crippen LogP contribution in [0.15, 0.2) is 39.0 Å². The van der Waals surface area contributed by atoms with Gasteiger partial charge in [0.1, 0.15) is 6.61 Å². The lowest BCUT2D eigenvalue weighted by atomic mass is 10.2. The molecule has 3 aromatic rings. The number of ether oxygens (including phenoxy) is 1. The van der Waals surface area contributed by atoms with Gasteiger partial charge in [0.2, 0.25) is 0 Å². The third kappa shape index (κ3) is 2.74. The Kier molecular flexibility index (Phi) is 3.84. The van der Waals surface area contributed by atoms with Crippen LogP contribution in [0.4, 0.5) is 0 Å². The number of hydrogen-bond donors (Lipinski definition) is 0. The van der Waals surface area contributed by atoms with Gasteiger partial charge in [0.15, 0.2) is 0 Å². The van der Waals surface area contributed by atoms with Crippen LogP contribution in [0, 0.1) is 0 Å². The highest BCUT2D eigenvalue weighted by Crippen LogP contribution is 2.25.